The van der Waals surface area contributed by atoms with Crippen LogP contribution in [-0.4, -0.2) is 16.8 Å². The molecule has 0 fully saturated rings. The maximum atomic E-state index is 5.14. The highest BCUT2D eigenvalue weighted by Crippen LogP contribution is 1.74. The van der Waals surface area contributed by atoms with Crippen LogP contribution in [0.2, 0.25) is 6.04 Å². The van der Waals surface area contributed by atoms with Gasteiger partial charge >= 0.3 is 0 Å². The minimum atomic E-state index is 0.851. The van der Waals surface area contributed by atoms with Gasteiger partial charge < -0.3 is 5.73 Å². The summed E-state index contributed by atoms with van der Waals surface area (Å²) in [4.78, 5) is 0. The first-order valence-electron chi connectivity index (χ1n) is 1.91. The van der Waals surface area contributed by atoms with Crippen molar-refractivity contribution in [3.63, 3.8) is 0 Å². The van der Waals surface area contributed by atoms with Crippen molar-refractivity contribution in [2.24, 2.45) is 5.73 Å². The van der Waals surface area contributed by atoms with Gasteiger partial charge in [-0.3, -0.25) is 0 Å². The van der Waals surface area contributed by atoms with Gasteiger partial charge in [-0.05, 0) is 13.0 Å². The summed E-state index contributed by atoms with van der Waals surface area (Å²) in [6.07, 6.45) is 1.18. The quantitative estimate of drug-likeness (QED) is 0.448. The Labute approximate surface area is 36.0 Å². The lowest BCUT2D eigenvalue weighted by Crippen LogP contribution is -1.96. The van der Waals surface area contributed by atoms with E-state index in [-0.39, 0.29) is 0 Å². The molecular weight excluding hydrogens is 78.1 g/mol. The zero-order valence-electron chi connectivity index (χ0n) is 3.41. The Hall–Kier alpha value is 0.177. The number of rotatable bonds is 2. The molecule has 31 valence electrons. The Balaban J connectivity index is 2.19. The molecule has 0 saturated carbocycles. The van der Waals surface area contributed by atoms with Crippen molar-refractivity contribution in [3.8, 4) is 0 Å². The first-order valence-corrected chi connectivity index (χ1v) is 2.91. The fourth-order valence-electron chi connectivity index (χ4n) is 0.144. The molecule has 0 aliphatic rings. The molecule has 2 N–H and O–H groups in total. The van der Waals surface area contributed by atoms with Crippen LogP contribution in [0.5, 0.6) is 0 Å². The monoisotopic (exact) mass is 88.1 g/mol. The molecule has 1 nitrogen and oxygen atoms in total. The maximum absolute atomic E-state index is 5.14. The molecule has 0 amide bonds. The van der Waals surface area contributed by atoms with Crippen molar-refractivity contribution >= 4 is 10.2 Å². The normalized spacial score (nSPS) is 8.40. The van der Waals surface area contributed by atoms with Crippen molar-refractivity contribution < 1.29 is 0 Å². The third-order valence-electron chi connectivity index (χ3n) is 0.454. The number of hydrogen-bond donors (Lipinski definition) is 1. The summed E-state index contributed by atoms with van der Waals surface area (Å²) in [5.74, 6) is 0. The molecule has 0 aromatic rings. The van der Waals surface area contributed by atoms with Crippen LogP contribution in [0.25, 0.3) is 0 Å². The second-order valence-electron chi connectivity index (χ2n) is 0.996. The molecule has 0 rings (SSSR count). The van der Waals surface area contributed by atoms with E-state index in [2.05, 4.69) is 0 Å². The number of hydrogen-bond acceptors (Lipinski definition) is 1. The van der Waals surface area contributed by atoms with Crippen LogP contribution in [0.15, 0.2) is 0 Å². The first kappa shape index (κ1) is 5.18. The van der Waals surface area contributed by atoms with Crippen molar-refractivity contribution in [1.29, 1.82) is 0 Å². The lowest BCUT2D eigenvalue weighted by atomic mass is 10.5. The van der Waals surface area contributed by atoms with Gasteiger partial charge in [0.15, 0.2) is 0 Å². The van der Waals surface area contributed by atoms with Gasteiger partial charge in [-0.15, -0.1) is 0 Å². The Kier molecular flexibility index (Phi) is 4.32. The van der Waals surface area contributed by atoms with Crippen molar-refractivity contribution in [3.05, 3.63) is 0 Å². The Morgan fingerprint density at radius 2 is 2.20 bits per heavy atom. The number of nitrogens with two attached hydrogens (primary N) is 1. The van der Waals surface area contributed by atoms with E-state index in [1.165, 1.54) is 12.5 Å². The second kappa shape index (κ2) is 4.18. The fraction of sp³-hybridized carbons (Fsp3) is 1.00. The van der Waals surface area contributed by atoms with E-state index in [4.69, 9.17) is 5.73 Å². The highest BCUT2D eigenvalue weighted by molar-refractivity contribution is 6.08. The smallest absolute Gasteiger partial charge is 0.00803 e. The summed E-state index contributed by atoms with van der Waals surface area (Å²) in [5, 5.41) is 0. The van der Waals surface area contributed by atoms with Gasteiger partial charge in [0.05, 0.1) is 0 Å². The highest BCUT2D eigenvalue weighted by atomic mass is 28.1. The zero-order valence-corrected chi connectivity index (χ0v) is 4.82. The Morgan fingerprint density at radius 1 is 1.60 bits per heavy atom. The lowest BCUT2D eigenvalue weighted by molar-refractivity contribution is 0.930. The Morgan fingerprint density at radius 3 is 2.20 bits per heavy atom. The third kappa shape index (κ3) is 4.18. The van der Waals surface area contributed by atoms with E-state index in [0.717, 1.165) is 6.54 Å². The summed E-state index contributed by atoms with van der Waals surface area (Å²) in [5.41, 5.74) is 5.14. The molecule has 0 bridgehead atoms. The predicted octanol–water partition coefficient (Wildman–Crippen LogP) is -0.613. The van der Waals surface area contributed by atoms with E-state index < -0.39 is 0 Å². The highest BCUT2D eigenvalue weighted by Gasteiger charge is 1.68. The van der Waals surface area contributed by atoms with Gasteiger partial charge in [-0.2, -0.15) is 0 Å². The van der Waals surface area contributed by atoms with Crippen molar-refractivity contribution in [1.82, 2.24) is 0 Å². The summed E-state index contributed by atoms with van der Waals surface area (Å²) in [7, 11) is 1.97. The van der Waals surface area contributed by atoms with Crippen LogP contribution in [-0.2, 0) is 0 Å². The summed E-state index contributed by atoms with van der Waals surface area (Å²) < 4.78 is 0. The summed E-state index contributed by atoms with van der Waals surface area (Å²) in [6, 6.07) is 1.25. The van der Waals surface area contributed by atoms with Crippen molar-refractivity contribution in [2.45, 2.75) is 12.5 Å². The summed E-state index contributed by atoms with van der Waals surface area (Å²) >= 11 is 0. The minimum Gasteiger partial charge on any atom is -0.330 e. The van der Waals surface area contributed by atoms with Crippen LogP contribution in [0, 0.1) is 0 Å². The van der Waals surface area contributed by atoms with Crippen LogP contribution >= 0.6 is 0 Å². The molecule has 0 spiro atoms. The summed E-state index contributed by atoms with van der Waals surface area (Å²) in [6.45, 7) is 0.851. The van der Waals surface area contributed by atoms with Crippen LogP contribution in [0.3, 0.4) is 0 Å². The average Bonchev–Trinajstić information content (AvgIpc) is 1.41. The molecule has 0 aliphatic carbocycles. The van der Waals surface area contributed by atoms with Crippen LogP contribution < -0.4 is 5.73 Å². The second-order valence-corrected chi connectivity index (χ2v) is 1.70. The van der Waals surface area contributed by atoms with Gasteiger partial charge in [0, 0.05) is 10.2 Å². The molecule has 0 saturated heterocycles. The fourth-order valence-corrected chi connectivity index (χ4v) is 0.433. The molecule has 0 aromatic carbocycles. The van der Waals surface area contributed by atoms with Gasteiger partial charge in [0.2, 0.25) is 0 Å². The van der Waals surface area contributed by atoms with Crippen LogP contribution in [0.4, 0.5) is 0 Å². The molecule has 0 unspecified atom stereocenters. The first-order chi connectivity index (χ1) is 2.41. The molecule has 0 atom stereocenters. The molecule has 2 heteroatoms. The van der Waals surface area contributed by atoms with Gasteiger partial charge in [-0.1, -0.05) is 6.04 Å². The van der Waals surface area contributed by atoms with E-state index >= 15 is 0 Å². The van der Waals surface area contributed by atoms with Crippen LogP contribution in [0.1, 0.15) is 6.42 Å². The molecular formula is C3H10NSi. The predicted molar refractivity (Wildman–Crippen MR) is 27.0 cm³/mol. The molecule has 1 radical (unpaired) electrons. The zero-order chi connectivity index (χ0) is 4.12. The molecule has 0 heterocycles. The minimum absolute atomic E-state index is 0.851. The Bertz CT molecular complexity index is 14.4. The molecule has 0 aromatic heterocycles. The molecule has 0 aliphatic heterocycles. The largest absolute Gasteiger partial charge is 0.330 e. The SMILES string of the molecule is NCCC[SiH2]. The van der Waals surface area contributed by atoms with Gasteiger partial charge in [0.25, 0.3) is 0 Å². The van der Waals surface area contributed by atoms with E-state index in [1.807, 2.05) is 10.2 Å². The third-order valence-corrected chi connectivity index (χ3v) is 0.954. The lowest BCUT2D eigenvalue weighted by Gasteiger charge is -1.80. The van der Waals surface area contributed by atoms with Gasteiger partial charge in [0.1, 0.15) is 0 Å². The standard InChI is InChI=1S/C3H10NSi/c4-2-1-3-5/h1-5H2. The van der Waals surface area contributed by atoms with Gasteiger partial charge in [-0.25, -0.2) is 0 Å². The average molecular weight is 88.2 g/mol. The van der Waals surface area contributed by atoms with E-state index in [0.29, 0.717) is 0 Å². The van der Waals surface area contributed by atoms with Crippen molar-refractivity contribution in [2.75, 3.05) is 6.54 Å². The van der Waals surface area contributed by atoms with E-state index in [1.54, 1.807) is 0 Å². The molecule has 5 heavy (non-hydrogen) atoms. The topological polar surface area (TPSA) is 26.0 Å². The maximum Gasteiger partial charge on any atom is 0.00803 e. The van der Waals surface area contributed by atoms with E-state index in [9.17, 15) is 0 Å².